The van der Waals surface area contributed by atoms with E-state index in [1.807, 2.05) is 57.2 Å². The Morgan fingerprint density at radius 1 is 1.19 bits per heavy atom. The normalized spacial score (nSPS) is 16.7. The summed E-state index contributed by atoms with van der Waals surface area (Å²) in [5.41, 5.74) is 4.73. The van der Waals surface area contributed by atoms with Crippen LogP contribution in [0.25, 0.3) is 0 Å². The van der Waals surface area contributed by atoms with Crippen molar-refractivity contribution in [2.75, 3.05) is 23.9 Å². The van der Waals surface area contributed by atoms with Crippen molar-refractivity contribution in [1.29, 1.82) is 0 Å². The molecule has 0 radical (unpaired) electrons. The van der Waals surface area contributed by atoms with Crippen LogP contribution in [0.3, 0.4) is 0 Å². The Bertz CT molecular complexity index is 860. The number of nitrogens with zero attached hydrogens (tertiary/aromatic N) is 1. The van der Waals surface area contributed by atoms with Gasteiger partial charge in [-0.25, -0.2) is 0 Å². The van der Waals surface area contributed by atoms with Crippen molar-refractivity contribution in [3.05, 3.63) is 53.1 Å². The molecule has 5 nitrogen and oxygen atoms in total. The third-order valence-electron chi connectivity index (χ3n) is 4.98. The number of hydrogen-bond donors (Lipinski definition) is 1. The lowest BCUT2D eigenvalue weighted by molar-refractivity contribution is -0.122. The van der Waals surface area contributed by atoms with Crippen LogP contribution in [0.4, 0.5) is 11.4 Å². The molecule has 1 N–H and O–H groups in total. The van der Waals surface area contributed by atoms with Crippen LogP contribution >= 0.6 is 0 Å². The number of benzene rings is 2. The Kier molecular flexibility index (Phi) is 4.98. The highest BCUT2D eigenvalue weighted by atomic mass is 16.5. The van der Waals surface area contributed by atoms with E-state index in [4.69, 9.17) is 4.74 Å². The molecule has 1 heterocycles. The first-order valence-corrected chi connectivity index (χ1v) is 8.72. The Morgan fingerprint density at radius 3 is 2.69 bits per heavy atom. The molecule has 0 aliphatic carbocycles. The molecular formula is C21H24N2O3. The molecule has 1 saturated heterocycles. The van der Waals surface area contributed by atoms with Crippen LogP contribution in [0.5, 0.6) is 5.75 Å². The molecule has 2 aromatic carbocycles. The third kappa shape index (κ3) is 3.43. The minimum Gasteiger partial charge on any atom is -0.495 e. The topological polar surface area (TPSA) is 58.6 Å². The second-order valence-corrected chi connectivity index (χ2v) is 6.82. The summed E-state index contributed by atoms with van der Waals surface area (Å²) in [7, 11) is 1.58. The van der Waals surface area contributed by atoms with Gasteiger partial charge in [0.05, 0.1) is 18.7 Å². The number of carbonyl (C=O) groups is 2. The zero-order valence-corrected chi connectivity index (χ0v) is 15.6. The molecule has 1 unspecified atom stereocenters. The second kappa shape index (κ2) is 7.20. The summed E-state index contributed by atoms with van der Waals surface area (Å²) in [6, 6.07) is 11.5. The van der Waals surface area contributed by atoms with Gasteiger partial charge >= 0.3 is 0 Å². The van der Waals surface area contributed by atoms with E-state index in [0.29, 0.717) is 12.3 Å². The van der Waals surface area contributed by atoms with Gasteiger partial charge < -0.3 is 15.0 Å². The first kappa shape index (κ1) is 18.0. The average Bonchev–Trinajstić information content (AvgIpc) is 3.00. The lowest BCUT2D eigenvalue weighted by Crippen LogP contribution is -2.28. The molecule has 2 aromatic rings. The molecule has 0 spiro atoms. The summed E-state index contributed by atoms with van der Waals surface area (Å²) >= 11 is 0. The molecule has 26 heavy (non-hydrogen) atoms. The number of aryl methyl sites for hydroxylation is 2. The smallest absolute Gasteiger partial charge is 0.229 e. The van der Waals surface area contributed by atoms with Crippen LogP contribution in [0, 0.1) is 26.7 Å². The summed E-state index contributed by atoms with van der Waals surface area (Å²) in [6.45, 7) is 6.31. The van der Waals surface area contributed by atoms with Crippen molar-refractivity contribution in [2.45, 2.75) is 27.2 Å². The number of rotatable bonds is 4. The van der Waals surface area contributed by atoms with Crippen LogP contribution in [0.1, 0.15) is 23.1 Å². The largest absolute Gasteiger partial charge is 0.495 e. The Hall–Kier alpha value is -2.82. The van der Waals surface area contributed by atoms with E-state index < -0.39 is 0 Å². The van der Waals surface area contributed by atoms with Crippen LogP contribution in [0.15, 0.2) is 36.4 Å². The Balaban J connectivity index is 1.78. The van der Waals surface area contributed by atoms with Gasteiger partial charge in [0.1, 0.15) is 5.75 Å². The van der Waals surface area contributed by atoms with E-state index in [9.17, 15) is 9.59 Å². The van der Waals surface area contributed by atoms with E-state index >= 15 is 0 Å². The number of nitrogens with one attached hydrogen (secondary N) is 1. The van der Waals surface area contributed by atoms with Crippen LogP contribution in [0.2, 0.25) is 0 Å². The molecule has 0 saturated carbocycles. The maximum absolute atomic E-state index is 12.7. The van der Waals surface area contributed by atoms with Crippen LogP contribution in [-0.4, -0.2) is 25.5 Å². The zero-order chi connectivity index (χ0) is 18.8. The number of ether oxygens (including phenoxy) is 1. The van der Waals surface area contributed by atoms with Crippen molar-refractivity contribution in [2.24, 2.45) is 5.92 Å². The summed E-state index contributed by atoms with van der Waals surface area (Å²) < 4.78 is 5.39. The standard InChI is InChI=1S/C21H24N2O3/c1-13-8-9-19(26-4)18(10-13)23-12-16(11-20(23)24)21(25)22-17-7-5-6-14(2)15(17)3/h5-10,16H,11-12H2,1-4H3,(H,22,25). The number of hydrogen-bond acceptors (Lipinski definition) is 3. The van der Waals surface area contributed by atoms with Crippen molar-refractivity contribution in [3.8, 4) is 5.75 Å². The lowest BCUT2D eigenvalue weighted by Gasteiger charge is -2.20. The van der Waals surface area contributed by atoms with Crippen LogP contribution in [-0.2, 0) is 9.59 Å². The molecule has 0 aromatic heterocycles. The molecule has 3 rings (SSSR count). The van der Waals surface area contributed by atoms with Gasteiger partial charge in [0.25, 0.3) is 0 Å². The quantitative estimate of drug-likeness (QED) is 0.914. The highest BCUT2D eigenvalue weighted by molar-refractivity contribution is 6.04. The van der Waals surface area contributed by atoms with Gasteiger partial charge in [-0.1, -0.05) is 18.2 Å². The van der Waals surface area contributed by atoms with E-state index in [2.05, 4.69) is 5.32 Å². The first-order valence-electron chi connectivity index (χ1n) is 8.72. The molecule has 5 heteroatoms. The van der Waals surface area contributed by atoms with Gasteiger partial charge in [0.15, 0.2) is 0 Å². The third-order valence-corrected chi connectivity index (χ3v) is 4.98. The average molecular weight is 352 g/mol. The number of carbonyl (C=O) groups excluding carboxylic acids is 2. The highest BCUT2D eigenvalue weighted by Crippen LogP contribution is 2.34. The minimum absolute atomic E-state index is 0.0602. The maximum atomic E-state index is 12.7. The fraction of sp³-hybridized carbons (Fsp3) is 0.333. The highest BCUT2D eigenvalue weighted by Gasteiger charge is 2.36. The predicted molar refractivity (Wildman–Crippen MR) is 103 cm³/mol. The molecule has 1 aliphatic rings. The minimum atomic E-state index is -0.382. The van der Waals surface area contributed by atoms with E-state index in [-0.39, 0.29) is 24.2 Å². The Morgan fingerprint density at radius 2 is 1.96 bits per heavy atom. The van der Waals surface area contributed by atoms with Gasteiger partial charge in [-0.2, -0.15) is 0 Å². The van der Waals surface area contributed by atoms with E-state index in [1.54, 1.807) is 12.0 Å². The molecular weight excluding hydrogens is 328 g/mol. The zero-order valence-electron chi connectivity index (χ0n) is 15.6. The number of anilines is 2. The van der Waals surface area contributed by atoms with E-state index in [0.717, 1.165) is 28.1 Å². The SMILES string of the molecule is COc1ccc(C)cc1N1CC(C(=O)Nc2cccc(C)c2C)CC1=O. The molecule has 0 bridgehead atoms. The lowest BCUT2D eigenvalue weighted by atomic mass is 10.1. The molecule has 1 atom stereocenters. The van der Waals surface area contributed by atoms with Crippen molar-refractivity contribution in [3.63, 3.8) is 0 Å². The van der Waals surface area contributed by atoms with Crippen LogP contribution < -0.4 is 15.0 Å². The van der Waals surface area contributed by atoms with E-state index in [1.165, 1.54) is 0 Å². The molecule has 2 amide bonds. The predicted octanol–water partition coefficient (Wildman–Crippen LogP) is 3.61. The van der Waals surface area contributed by atoms with Gasteiger partial charge in [-0.15, -0.1) is 0 Å². The monoisotopic (exact) mass is 352 g/mol. The maximum Gasteiger partial charge on any atom is 0.229 e. The molecule has 1 aliphatic heterocycles. The molecule has 1 fully saturated rings. The number of amides is 2. The summed E-state index contributed by atoms with van der Waals surface area (Å²) in [5.74, 6) is 0.0725. The fourth-order valence-electron chi connectivity index (χ4n) is 3.25. The number of methoxy groups -OCH3 is 1. The second-order valence-electron chi connectivity index (χ2n) is 6.82. The van der Waals surface area contributed by atoms with Crippen molar-refractivity contribution >= 4 is 23.2 Å². The first-order chi connectivity index (χ1) is 12.4. The van der Waals surface area contributed by atoms with Gasteiger partial charge in [0, 0.05) is 18.7 Å². The summed E-state index contributed by atoms with van der Waals surface area (Å²) in [5, 5.41) is 2.98. The van der Waals surface area contributed by atoms with Crippen molar-refractivity contribution < 1.29 is 14.3 Å². The molecule has 136 valence electrons. The van der Waals surface area contributed by atoms with Crippen molar-refractivity contribution in [1.82, 2.24) is 0 Å². The van der Waals surface area contributed by atoms with Gasteiger partial charge in [-0.3, -0.25) is 9.59 Å². The van der Waals surface area contributed by atoms with Gasteiger partial charge in [-0.05, 0) is 55.7 Å². The van der Waals surface area contributed by atoms with Gasteiger partial charge in [0.2, 0.25) is 11.8 Å². The Labute approximate surface area is 154 Å². The summed E-state index contributed by atoms with van der Waals surface area (Å²) in [6.07, 6.45) is 0.202. The fourth-order valence-corrected chi connectivity index (χ4v) is 3.25. The summed E-state index contributed by atoms with van der Waals surface area (Å²) in [4.78, 5) is 26.9.